The predicted molar refractivity (Wildman–Crippen MR) is 69.7 cm³/mol. The van der Waals surface area contributed by atoms with E-state index in [0.717, 1.165) is 12.8 Å². The largest absolute Gasteiger partial charge is 0.442 e. The Bertz CT molecular complexity index is 545. The Morgan fingerprint density at radius 3 is 2.95 bits per heavy atom. The Balaban J connectivity index is 1.58. The first kappa shape index (κ1) is 12.9. The molecule has 0 spiro atoms. The second kappa shape index (κ2) is 5.11. The highest BCUT2D eigenvalue weighted by Crippen LogP contribution is 2.29. The lowest BCUT2D eigenvalue weighted by Gasteiger charge is -2.13. The number of carbonyl (C=O) groups is 2. The first-order valence-corrected chi connectivity index (χ1v) is 6.65. The van der Waals surface area contributed by atoms with E-state index in [2.05, 4.69) is 5.32 Å². The van der Waals surface area contributed by atoms with Crippen LogP contribution in [0.4, 0.5) is 14.9 Å². The molecule has 0 bridgehead atoms. The van der Waals surface area contributed by atoms with Crippen LogP contribution >= 0.6 is 0 Å². The summed E-state index contributed by atoms with van der Waals surface area (Å²) in [5, 5.41) is 2.77. The summed E-state index contributed by atoms with van der Waals surface area (Å²) in [5.74, 6) is -0.252. The lowest BCUT2D eigenvalue weighted by molar-refractivity contribution is -0.122. The van der Waals surface area contributed by atoms with Gasteiger partial charge in [-0.25, -0.2) is 9.18 Å². The van der Waals surface area contributed by atoms with Crippen LogP contribution in [0.2, 0.25) is 0 Å². The van der Waals surface area contributed by atoms with Crippen molar-refractivity contribution >= 4 is 17.7 Å². The van der Waals surface area contributed by atoms with Gasteiger partial charge in [-0.3, -0.25) is 9.69 Å². The number of rotatable bonds is 4. The average Bonchev–Trinajstić information content (AvgIpc) is 3.20. The zero-order valence-corrected chi connectivity index (χ0v) is 10.8. The molecule has 5 nitrogen and oxygen atoms in total. The van der Waals surface area contributed by atoms with Crippen LogP contribution in [0.3, 0.4) is 0 Å². The molecule has 1 aromatic rings. The molecule has 106 valence electrons. The number of cyclic esters (lactones) is 1. The van der Waals surface area contributed by atoms with E-state index in [0.29, 0.717) is 18.8 Å². The normalized spacial score (nSPS) is 21.8. The predicted octanol–water partition coefficient (Wildman–Crippen LogP) is 1.68. The van der Waals surface area contributed by atoms with Crippen LogP contribution < -0.4 is 10.2 Å². The summed E-state index contributed by atoms with van der Waals surface area (Å²) in [7, 11) is 0. The second-order valence-electron chi connectivity index (χ2n) is 5.12. The Labute approximate surface area is 115 Å². The smallest absolute Gasteiger partial charge is 0.414 e. The Kier molecular flexibility index (Phi) is 3.30. The van der Waals surface area contributed by atoms with Gasteiger partial charge in [0.25, 0.3) is 0 Å². The molecule has 1 aromatic carbocycles. The number of hydrogen-bond donors (Lipinski definition) is 1. The fourth-order valence-electron chi connectivity index (χ4n) is 2.19. The minimum Gasteiger partial charge on any atom is -0.442 e. The first-order valence-electron chi connectivity index (χ1n) is 6.65. The number of halogens is 1. The average molecular weight is 278 g/mol. The van der Waals surface area contributed by atoms with Gasteiger partial charge in [-0.05, 0) is 31.0 Å². The lowest BCUT2D eigenvalue weighted by Crippen LogP contribution is -2.35. The van der Waals surface area contributed by atoms with Gasteiger partial charge < -0.3 is 10.1 Å². The molecular weight excluding hydrogens is 263 g/mol. The molecule has 6 heteroatoms. The second-order valence-corrected chi connectivity index (χ2v) is 5.12. The van der Waals surface area contributed by atoms with E-state index in [1.807, 2.05) is 0 Å². The van der Waals surface area contributed by atoms with Gasteiger partial charge >= 0.3 is 6.09 Å². The van der Waals surface area contributed by atoms with Gasteiger partial charge in [-0.2, -0.15) is 0 Å². The molecule has 2 amide bonds. The number of carbonyl (C=O) groups excluding carboxylic acids is 2. The van der Waals surface area contributed by atoms with Gasteiger partial charge in [0.1, 0.15) is 11.9 Å². The van der Waals surface area contributed by atoms with Crippen LogP contribution in [0.5, 0.6) is 0 Å². The molecule has 0 aromatic heterocycles. The van der Waals surface area contributed by atoms with E-state index in [4.69, 9.17) is 4.74 Å². The summed E-state index contributed by atoms with van der Waals surface area (Å²) in [6, 6.07) is 5.79. The maximum Gasteiger partial charge on any atom is 0.414 e. The van der Waals surface area contributed by atoms with Crippen molar-refractivity contribution in [3.05, 3.63) is 30.1 Å². The molecule has 1 aliphatic carbocycles. The molecule has 1 saturated carbocycles. The SMILES string of the molecule is O=C(NCC1CN(c2cccc(F)c2)C(=O)O1)C1CC1. The highest BCUT2D eigenvalue weighted by Gasteiger charge is 2.34. The van der Waals surface area contributed by atoms with Crippen molar-refractivity contribution in [2.75, 3.05) is 18.0 Å². The zero-order valence-electron chi connectivity index (χ0n) is 10.8. The molecule has 20 heavy (non-hydrogen) atoms. The van der Waals surface area contributed by atoms with Crippen molar-refractivity contribution in [3.8, 4) is 0 Å². The fourth-order valence-corrected chi connectivity index (χ4v) is 2.19. The van der Waals surface area contributed by atoms with Crippen molar-refractivity contribution in [1.29, 1.82) is 0 Å². The van der Waals surface area contributed by atoms with Crippen molar-refractivity contribution in [1.82, 2.24) is 5.32 Å². The topological polar surface area (TPSA) is 58.6 Å². The third-order valence-corrected chi connectivity index (χ3v) is 3.45. The van der Waals surface area contributed by atoms with Gasteiger partial charge in [-0.1, -0.05) is 6.07 Å². The summed E-state index contributed by atoms with van der Waals surface area (Å²) in [4.78, 5) is 24.7. The van der Waals surface area contributed by atoms with Crippen LogP contribution in [-0.4, -0.2) is 31.2 Å². The zero-order chi connectivity index (χ0) is 14.1. The van der Waals surface area contributed by atoms with E-state index in [9.17, 15) is 14.0 Å². The molecule has 1 atom stereocenters. The Morgan fingerprint density at radius 1 is 1.45 bits per heavy atom. The maximum absolute atomic E-state index is 13.2. The van der Waals surface area contributed by atoms with E-state index >= 15 is 0 Å². The molecule has 1 unspecified atom stereocenters. The summed E-state index contributed by atoms with van der Waals surface area (Å²) >= 11 is 0. The van der Waals surface area contributed by atoms with E-state index in [1.165, 1.54) is 17.0 Å². The van der Waals surface area contributed by atoms with Crippen molar-refractivity contribution in [2.45, 2.75) is 18.9 Å². The standard InChI is InChI=1S/C14H15FN2O3/c15-10-2-1-3-11(6-10)17-8-12(20-14(17)19)7-16-13(18)9-4-5-9/h1-3,6,9,12H,4-5,7-8H2,(H,16,18). The molecule has 3 rings (SSSR count). The van der Waals surface area contributed by atoms with Crippen molar-refractivity contribution < 1.29 is 18.7 Å². The van der Waals surface area contributed by atoms with Gasteiger partial charge in [-0.15, -0.1) is 0 Å². The monoisotopic (exact) mass is 278 g/mol. The summed E-state index contributed by atoms with van der Waals surface area (Å²) < 4.78 is 18.3. The highest BCUT2D eigenvalue weighted by atomic mass is 19.1. The van der Waals surface area contributed by atoms with Crippen LogP contribution in [0.1, 0.15) is 12.8 Å². The number of amides is 2. The molecule has 1 aliphatic heterocycles. The maximum atomic E-state index is 13.2. The van der Waals surface area contributed by atoms with E-state index in [-0.39, 0.29) is 11.8 Å². The summed E-state index contributed by atoms with van der Waals surface area (Å²) in [5.41, 5.74) is 0.464. The minimum atomic E-state index is -0.513. The molecule has 2 aliphatic rings. The van der Waals surface area contributed by atoms with Crippen LogP contribution in [-0.2, 0) is 9.53 Å². The molecule has 1 N–H and O–H groups in total. The number of hydrogen-bond acceptors (Lipinski definition) is 3. The van der Waals surface area contributed by atoms with E-state index < -0.39 is 18.0 Å². The molecule has 0 radical (unpaired) electrons. The highest BCUT2D eigenvalue weighted by molar-refractivity contribution is 5.89. The Hall–Kier alpha value is -2.11. The van der Waals surface area contributed by atoms with Crippen LogP contribution in [0.15, 0.2) is 24.3 Å². The van der Waals surface area contributed by atoms with E-state index in [1.54, 1.807) is 12.1 Å². The number of benzene rings is 1. The number of nitrogens with zero attached hydrogens (tertiary/aromatic N) is 1. The Morgan fingerprint density at radius 2 is 2.25 bits per heavy atom. The van der Waals surface area contributed by atoms with Crippen molar-refractivity contribution in [3.63, 3.8) is 0 Å². The third kappa shape index (κ3) is 2.74. The molecule has 1 heterocycles. The van der Waals surface area contributed by atoms with Gasteiger partial charge in [0.2, 0.25) is 5.91 Å². The van der Waals surface area contributed by atoms with Crippen LogP contribution in [0.25, 0.3) is 0 Å². The van der Waals surface area contributed by atoms with Crippen molar-refractivity contribution in [2.24, 2.45) is 5.92 Å². The quantitative estimate of drug-likeness (QED) is 0.911. The third-order valence-electron chi connectivity index (χ3n) is 3.45. The molecular formula is C14H15FN2O3. The number of ether oxygens (including phenoxy) is 1. The molecule has 1 saturated heterocycles. The molecule has 2 fully saturated rings. The van der Waals surface area contributed by atoms with Gasteiger partial charge in [0.05, 0.1) is 18.8 Å². The number of anilines is 1. The number of nitrogens with one attached hydrogen (secondary N) is 1. The minimum absolute atomic E-state index is 0.0188. The fraction of sp³-hybridized carbons (Fsp3) is 0.429. The van der Waals surface area contributed by atoms with Gasteiger partial charge in [0, 0.05) is 5.92 Å². The summed E-state index contributed by atoms with van der Waals surface area (Å²) in [6.45, 7) is 0.611. The van der Waals surface area contributed by atoms with Gasteiger partial charge in [0.15, 0.2) is 0 Å². The first-order chi connectivity index (χ1) is 9.63. The van der Waals surface area contributed by atoms with Crippen LogP contribution in [0, 0.1) is 11.7 Å². The lowest BCUT2D eigenvalue weighted by atomic mass is 10.2. The summed E-state index contributed by atoms with van der Waals surface area (Å²) in [6.07, 6.45) is 0.965.